The number of ether oxygens (including phenoxy) is 1. The van der Waals surface area contributed by atoms with Gasteiger partial charge >= 0.3 is 0 Å². The van der Waals surface area contributed by atoms with Crippen LogP contribution in [-0.4, -0.2) is 36.6 Å². The maximum atomic E-state index is 14.2. The molecule has 1 unspecified atom stereocenters. The Bertz CT molecular complexity index is 1430. The molecule has 0 aliphatic rings. The number of halogens is 1. The van der Waals surface area contributed by atoms with Gasteiger partial charge in [0.1, 0.15) is 35.1 Å². The number of hydrogen-bond acceptors (Lipinski definition) is 6. The van der Waals surface area contributed by atoms with Gasteiger partial charge in [0.05, 0.1) is 24.7 Å². The minimum atomic E-state index is -0.347. The quantitative estimate of drug-likeness (QED) is 0.453. The molecule has 0 aliphatic heterocycles. The van der Waals surface area contributed by atoms with Gasteiger partial charge in [-0.25, -0.2) is 23.7 Å². The highest BCUT2D eigenvalue weighted by Gasteiger charge is 2.22. The molecule has 0 spiro atoms. The van der Waals surface area contributed by atoms with Crippen molar-refractivity contribution in [1.29, 1.82) is 0 Å². The van der Waals surface area contributed by atoms with E-state index in [1.807, 2.05) is 31.2 Å². The molecule has 8 nitrogen and oxygen atoms in total. The molecule has 9 heteroatoms. The molecule has 0 bridgehead atoms. The Morgan fingerprint density at radius 3 is 2.75 bits per heavy atom. The first-order valence-corrected chi connectivity index (χ1v) is 9.99. The van der Waals surface area contributed by atoms with Gasteiger partial charge in [0, 0.05) is 17.3 Å². The fourth-order valence-corrected chi connectivity index (χ4v) is 3.70. The SMILES string of the molecule is COc1cccc(-c2nn(C(C)c3cnn(-c4ccccc4F)c3)c3ncnc(N)c23)c1. The molecule has 0 aliphatic carbocycles. The number of fused-ring (bicyclic) bond motifs is 1. The predicted octanol–water partition coefficient (Wildman–Crippen LogP) is 4.02. The van der Waals surface area contributed by atoms with Gasteiger partial charge in [0.2, 0.25) is 0 Å². The number of para-hydroxylation sites is 1. The maximum Gasteiger partial charge on any atom is 0.164 e. The van der Waals surface area contributed by atoms with Crippen molar-refractivity contribution < 1.29 is 9.13 Å². The van der Waals surface area contributed by atoms with Crippen molar-refractivity contribution >= 4 is 16.9 Å². The van der Waals surface area contributed by atoms with Crippen LogP contribution in [0.15, 0.2) is 67.3 Å². The molecule has 1 atom stereocenters. The number of methoxy groups -OCH3 is 1. The molecular formula is C23H20FN7O. The number of nitrogen functional groups attached to an aromatic ring is 1. The van der Waals surface area contributed by atoms with E-state index in [2.05, 4.69) is 15.1 Å². The molecule has 0 radical (unpaired) electrons. The highest BCUT2D eigenvalue weighted by molar-refractivity contribution is 5.98. The zero-order valence-electron chi connectivity index (χ0n) is 17.5. The summed E-state index contributed by atoms with van der Waals surface area (Å²) in [5.74, 6) is 0.702. The minimum Gasteiger partial charge on any atom is -0.497 e. The molecule has 5 rings (SSSR count). The van der Waals surface area contributed by atoms with Gasteiger partial charge in [-0.1, -0.05) is 24.3 Å². The van der Waals surface area contributed by atoms with E-state index in [1.54, 1.807) is 42.4 Å². The van der Waals surface area contributed by atoms with Gasteiger partial charge in [0.15, 0.2) is 5.65 Å². The second-order valence-corrected chi connectivity index (χ2v) is 7.33. The summed E-state index contributed by atoms with van der Waals surface area (Å²) in [7, 11) is 1.61. The number of benzene rings is 2. The van der Waals surface area contributed by atoms with E-state index in [-0.39, 0.29) is 11.9 Å². The van der Waals surface area contributed by atoms with Crippen LogP contribution in [0.5, 0.6) is 5.75 Å². The summed E-state index contributed by atoms with van der Waals surface area (Å²) in [4.78, 5) is 8.61. The Morgan fingerprint density at radius 1 is 1.09 bits per heavy atom. The fourth-order valence-electron chi connectivity index (χ4n) is 3.70. The zero-order chi connectivity index (χ0) is 22.2. The minimum absolute atomic E-state index is 0.244. The van der Waals surface area contributed by atoms with Crippen LogP contribution in [0, 0.1) is 5.82 Å². The lowest BCUT2D eigenvalue weighted by atomic mass is 10.1. The van der Waals surface area contributed by atoms with Gasteiger partial charge in [-0.2, -0.15) is 10.2 Å². The number of hydrogen-bond donors (Lipinski definition) is 1. The lowest BCUT2D eigenvalue weighted by Crippen LogP contribution is -2.09. The molecule has 0 amide bonds. The monoisotopic (exact) mass is 429 g/mol. The van der Waals surface area contributed by atoms with Crippen LogP contribution in [0.25, 0.3) is 28.0 Å². The summed E-state index contributed by atoms with van der Waals surface area (Å²) in [6, 6.07) is 13.8. The lowest BCUT2D eigenvalue weighted by Gasteiger charge is -2.11. The van der Waals surface area contributed by atoms with Crippen LogP contribution in [0.4, 0.5) is 10.2 Å². The van der Waals surface area contributed by atoms with Crippen molar-refractivity contribution in [2.24, 2.45) is 0 Å². The Labute approximate surface area is 183 Å². The van der Waals surface area contributed by atoms with Gasteiger partial charge in [-0.05, 0) is 31.2 Å². The second kappa shape index (κ2) is 7.77. The Morgan fingerprint density at radius 2 is 1.94 bits per heavy atom. The third kappa shape index (κ3) is 3.24. The Hall–Kier alpha value is -4.27. The summed E-state index contributed by atoms with van der Waals surface area (Å²) in [6.07, 6.45) is 4.90. The smallest absolute Gasteiger partial charge is 0.164 e. The van der Waals surface area contributed by atoms with Crippen LogP contribution in [-0.2, 0) is 0 Å². The highest BCUT2D eigenvalue weighted by atomic mass is 19.1. The number of aromatic nitrogens is 6. The highest BCUT2D eigenvalue weighted by Crippen LogP contribution is 2.34. The summed E-state index contributed by atoms with van der Waals surface area (Å²) in [5.41, 5.74) is 9.53. The summed E-state index contributed by atoms with van der Waals surface area (Å²) >= 11 is 0. The Balaban J connectivity index is 1.62. The molecular weight excluding hydrogens is 409 g/mol. The van der Waals surface area contributed by atoms with E-state index in [1.165, 1.54) is 17.1 Å². The van der Waals surface area contributed by atoms with Crippen molar-refractivity contribution in [3.8, 4) is 22.7 Å². The largest absolute Gasteiger partial charge is 0.497 e. The van der Waals surface area contributed by atoms with Crippen molar-refractivity contribution in [2.45, 2.75) is 13.0 Å². The van der Waals surface area contributed by atoms with Crippen LogP contribution < -0.4 is 10.5 Å². The first kappa shape index (κ1) is 19.7. The van der Waals surface area contributed by atoms with Crippen LogP contribution in [0.3, 0.4) is 0 Å². The van der Waals surface area contributed by atoms with E-state index in [4.69, 9.17) is 15.6 Å². The number of nitrogens with zero attached hydrogens (tertiary/aromatic N) is 6. The second-order valence-electron chi connectivity index (χ2n) is 7.33. The fraction of sp³-hybridized carbons (Fsp3) is 0.130. The standard InChI is InChI=1S/C23H20FN7O/c1-14(16-11-28-30(12-16)19-9-4-3-8-18(19)24)31-23-20(22(25)26-13-27-23)21(29-31)15-6-5-7-17(10-15)32-2/h3-14H,1-2H3,(H2,25,26,27). The molecule has 0 fully saturated rings. The topological polar surface area (TPSA) is 96.7 Å². The normalized spacial score (nSPS) is 12.2. The number of nitrogens with two attached hydrogens (primary N) is 1. The molecule has 0 saturated heterocycles. The van der Waals surface area contributed by atoms with Crippen LogP contribution in [0.1, 0.15) is 18.5 Å². The van der Waals surface area contributed by atoms with Gasteiger partial charge in [-0.15, -0.1) is 0 Å². The summed E-state index contributed by atoms with van der Waals surface area (Å²) < 4.78 is 22.8. The lowest BCUT2D eigenvalue weighted by molar-refractivity contribution is 0.415. The molecule has 3 aromatic heterocycles. The third-order valence-corrected chi connectivity index (χ3v) is 5.41. The molecule has 2 N–H and O–H groups in total. The molecule has 160 valence electrons. The molecule has 2 aromatic carbocycles. The molecule has 0 saturated carbocycles. The Kier molecular flexibility index (Phi) is 4.78. The van der Waals surface area contributed by atoms with Crippen molar-refractivity contribution in [3.63, 3.8) is 0 Å². The first-order chi connectivity index (χ1) is 15.6. The van der Waals surface area contributed by atoms with Crippen molar-refractivity contribution in [1.82, 2.24) is 29.5 Å². The zero-order valence-corrected chi connectivity index (χ0v) is 17.5. The predicted molar refractivity (Wildman–Crippen MR) is 119 cm³/mol. The van der Waals surface area contributed by atoms with E-state index in [9.17, 15) is 4.39 Å². The molecule has 5 aromatic rings. The van der Waals surface area contributed by atoms with E-state index >= 15 is 0 Å². The van der Waals surface area contributed by atoms with Crippen LogP contribution in [0.2, 0.25) is 0 Å². The molecule has 32 heavy (non-hydrogen) atoms. The van der Waals surface area contributed by atoms with E-state index < -0.39 is 0 Å². The van der Waals surface area contributed by atoms with Gasteiger partial charge in [0.25, 0.3) is 0 Å². The van der Waals surface area contributed by atoms with Crippen LogP contribution >= 0.6 is 0 Å². The van der Waals surface area contributed by atoms with Crippen molar-refractivity contribution in [2.75, 3.05) is 12.8 Å². The van der Waals surface area contributed by atoms with Gasteiger partial charge in [-0.3, -0.25) is 0 Å². The van der Waals surface area contributed by atoms with Gasteiger partial charge < -0.3 is 10.5 Å². The number of rotatable bonds is 5. The van der Waals surface area contributed by atoms with Crippen molar-refractivity contribution in [3.05, 3.63) is 78.6 Å². The average Bonchev–Trinajstić information content (AvgIpc) is 3.45. The summed E-state index contributed by atoms with van der Waals surface area (Å²) in [5, 5.41) is 9.84. The maximum absolute atomic E-state index is 14.2. The number of anilines is 1. The molecule has 3 heterocycles. The first-order valence-electron chi connectivity index (χ1n) is 9.99. The third-order valence-electron chi connectivity index (χ3n) is 5.41. The average molecular weight is 429 g/mol. The summed E-state index contributed by atoms with van der Waals surface area (Å²) in [6.45, 7) is 1.97. The van der Waals surface area contributed by atoms with E-state index in [0.29, 0.717) is 34.0 Å². The van der Waals surface area contributed by atoms with E-state index in [0.717, 1.165) is 11.1 Å².